The highest BCUT2D eigenvalue weighted by Crippen LogP contribution is 2.24. The molecular formula is C21H19N3O5S. The Morgan fingerprint density at radius 2 is 1.77 bits per heavy atom. The molecule has 0 aliphatic carbocycles. The highest BCUT2D eigenvalue weighted by atomic mass is 32.1. The van der Waals surface area contributed by atoms with Crippen molar-refractivity contribution >= 4 is 40.5 Å². The number of hydrogen-bond donors (Lipinski definition) is 2. The van der Waals surface area contributed by atoms with Crippen molar-refractivity contribution < 1.29 is 23.9 Å². The first-order valence-corrected chi connectivity index (χ1v) is 9.77. The van der Waals surface area contributed by atoms with Gasteiger partial charge in [-0.1, -0.05) is 12.1 Å². The maximum absolute atomic E-state index is 12.4. The average molecular weight is 425 g/mol. The summed E-state index contributed by atoms with van der Waals surface area (Å²) < 4.78 is 10.2. The van der Waals surface area contributed by atoms with Gasteiger partial charge in [0.05, 0.1) is 24.0 Å². The highest BCUT2D eigenvalue weighted by Gasteiger charge is 2.15. The number of para-hydroxylation sites is 2. The van der Waals surface area contributed by atoms with E-state index >= 15 is 0 Å². The minimum Gasteiger partial charge on any atom is -0.495 e. The molecule has 8 nitrogen and oxygen atoms in total. The van der Waals surface area contributed by atoms with Crippen LogP contribution in [0.4, 0.5) is 11.4 Å². The van der Waals surface area contributed by atoms with E-state index in [1.54, 1.807) is 49.4 Å². The number of benzene rings is 2. The fraction of sp³-hybridized carbons (Fsp3) is 0.143. The van der Waals surface area contributed by atoms with Gasteiger partial charge in [0.2, 0.25) is 0 Å². The van der Waals surface area contributed by atoms with Gasteiger partial charge in [0.25, 0.3) is 11.8 Å². The van der Waals surface area contributed by atoms with Gasteiger partial charge >= 0.3 is 5.97 Å². The van der Waals surface area contributed by atoms with Gasteiger partial charge in [-0.25, -0.2) is 9.78 Å². The molecular weight excluding hydrogens is 406 g/mol. The number of ether oxygens (including phenoxy) is 2. The molecule has 1 heterocycles. The first kappa shape index (κ1) is 21.0. The summed E-state index contributed by atoms with van der Waals surface area (Å²) in [5.41, 5.74) is 3.54. The predicted octanol–water partition coefficient (Wildman–Crippen LogP) is 3.51. The van der Waals surface area contributed by atoms with Crippen molar-refractivity contribution in [1.82, 2.24) is 4.98 Å². The number of nitrogens with one attached hydrogen (secondary N) is 2. The SMILES string of the molecule is COc1ccccc1NC(=O)c1ccc(NC(=O)COC(=O)c2scnc2C)cc1. The van der Waals surface area contributed by atoms with Crippen LogP contribution in [0.3, 0.4) is 0 Å². The zero-order valence-electron chi connectivity index (χ0n) is 16.3. The number of methoxy groups -OCH3 is 1. The fourth-order valence-corrected chi connectivity index (χ4v) is 3.23. The number of anilines is 2. The van der Waals surface area contributed by atoms with Gasteiger partial charge in [-0.3, -0.25) is 9.59 Å². The van der Waals surface area contributed by atoms with E-state index in [2.05, 4.69) is 15.6 Å². The smallest absolute Gasteiger partial charge is 0.350 e. The van der Waals surface area contributed by atoms with E-state index in [9.17, 15) is 14.4 Å². The van der Waals surface area contributed by atoms with E-state index in [4.69, 9.17) is 9.47 Å². The zero-order valence-corrected chi connectivity index (χ0v) is 17.1. The van der Waals surface area contributed by atoms with Gasteiger partial charge in [-0.2, -0.15) is 0 Å². The lowest BCUT2D eigenvalue weighted by molar-refractivity contribution is -0.119. The Balaban J connectivity index is 1.53. The summed E-state index contributed by atoms with van der Waals surface area (Å²) in [5, 5.41) is 5.39. The quantitative estimate of drug-likeness (QED) is 0.561. The number of thiazole rings is 1. The van der Waals surface area contributed by atoms with Crippen LogP contribution in [0, 0.1) is 6.92 Å². The van der Waals surface area contributed by atoms with Crippen LogP contribution in [-0.2, 0) is 9.53 Å². The second kappa shape index (κ2) is 9.66. The summed E-state index contributed by atoms with van der Waals surface area (Å²) in [6.07, 6.45) is 0. The number of carbonyl (C=O) groups excluding carboxylic acids is 3. The molecule has 0 unspecified atom stereocenters. The summed E-state index contributed by atoms with van der Waals surface area (Å²) in [5.74, 6) is -0.839. The largest absolute Gasteiger partial charge is 0.495 e. The van der Waals surface area contributed by atoms with Crippen molar-refractivity contribution in [2.24, 2.45) is 0 Å². The minimum atomic E-state index is -0.589. The van der Waals surface area contributed by atoms with Crippen molar-refractivity contribution in [3.63, 3.8) is 0 Å². The van der Waals surface area contributed by atoms with E-state index in [-0.39, 0.29) is 5.91 Å². The molecule has 0 radical (unpaired) electrons. The van der Waals surface area contributed by atoms with Crippen LogP contribution in [-0.4, -0.2) is 36.5 Å². The minimum absolute atomic E-state index is 0.314. The zero-order chi connectivity index (χ0) is 21.5. The van der Waals surface area contributed by atoms with Crippen molar-refractivity contribution in [1.29, 1.82) is 0 Å². The van der Waals surface area contributed by atoms with Crippen LogP contribution in [0.5, 0.6) is 5.75 Å². The average Bonchev–Trinajstić information content (AvgIpc) is 3.19. The Morgan fingerprint density at radius 3 is 2.43 bits per heavy atom. The van der Waals surface area contributed by atoms with Gasteiger partial charge < -0.3 is 20.1 Å². The molecule has 0 aliphatic rings. The highest BCUT2D eigenvalue weighted by molar-refractivity contribution is 7.11. The van der Waals surface area contributed by atoms with Gasteiger partial charge in [0.15, 0.2) is 6.61 Å². The van der Waals surface area contributed by atoms with Crippen LogP contribution in [0.15, 0.2) is 54.0 Å². The summed E-state index contributed by atoms with van der Waals surface area (Å²) in [6, 6.07) is 13.4. The van der Waals surface area contributed by atoms with Crippen molar-refractivity contribution in [2.75, 3.05) is 24.4 Å². The van der Waals surface area contributed by atoms with E-state index < -0.39 is 18.5 Å². The molecule has 3 rings (SSSR count). The third-order valence-electron chi connectivity index (χ3n) is 4.05. The molecule has 0 bridgehead atoms. The Kier molecular flexibility index (Phi) is 6.76. The molecule has 154 valence electrons. The van der Waals surface area contributed by atoms with Crippen molar-refractivity contribution in [3.8, 4) is 5.75 Å². The summed E-state index contributed by atoms with van der Waals surface area (Å²) >= 11 is 1.16. The normalized spacial score (nSPS) is 10.2. The number of rotatable bonds is 7. The Labute approximate surface area is 176 Å². The lowest BCUT2D eigenvalue weighted by Gasteiger charge is -2.10. The molecule has 1 aromatic heterocycles. The van der Waals surface area contributed by atoms with Gasteiger partial charge in [0.1, 0.15) is 10.6 Å². The first-order chi connectivity index (χ1) is 14.5. The van der Waals surface area contributed by atoms with Crippen molar-refractivity contribution in [3.05, 3.63) is 70.2 Å². The van der Waals surface area contributed by atoms with Gasteiger partial charge in [-0.05, 0) is 43.3 Å². The maximum atomic E-state index is 12.4. The molecule has 2 amide bonds. The van der Waals surface area contributed by atoms with E-state index in [1.165, 1.54) is 12.6 Å². The Morgan fingerprint density at radius 1 is 1.03 bits per heavy atom. The Hall–Kier alpha value is -3.72. The third kappa shape index (κ3) is 5.21. The van der Waals surface area contributed by atoms with E-state index in [0.29, 0.717) is 33.3 Å². The first-order valence-electron chi connectivity index (χ1n) is 8.89. The number of hydrogen-bond acceptors (Lipinski definition) is 7. The molecule has 2 N–H and O–H groups in total. The summed E-state index contributed by atoms with van der Waals surface area (Å²) in [6.45, 7) is 1.27. The molecule has 0 atom stereocenters. The van der Waals surface area contributed by atoms with Gasteiger partial charge in [0, 0.05) is 11.3 Å². The maximum Gasteiger partial charge on any atom is 0.350 e. The summed E-state index contributed by atoms with van der Waals surface area (Å²) in [4.78, 5) is 40.7. The van der Waals surface area contributed by atoms with E-state index in [1.807, 2.05) is 6.07 Å². The van der Waals surface area contributed by atoms with Gasteiger partial charge in [-0.15, -0.1) is 11.3 Å². The second-order valence-electron chi connectivity index (χ2n) is 6.12. The summed E-state index contributed by atoms with van der Waals surface area (Å²) in [7, 11) is 1.53. The number of nitrogens with zero attached hydrogens (tertiary/aromatic N) is 1. The number of amides is 2. The molecule has 0 aliphatic heterocycles. The monoisotopic (exact) mass is 425 g/mol. The van der Waals surface area contributed by atoms with Crippen molar-refractivity contribution in [2.45, 2.75) is 6.92 Å². The van der Waals surface area contributed by atoms with Crippen LogP contribution in [0.25, 0.3) is 0 Å². The third-order valence-corrected chi connectivity index (χ3v) is 4.96. The van der Waals surface area contributed by atoms with Crippen LogP contribution >= 0.6 is 11.3 Å². The number of aryl methyl sites for hydroxylation is 1. The number of esters is 1. The van der Waals surface area contributed by atoms with E-state index in [0.717, 1.165) is 11.3 Å². The van der Waals surface area contributed by atoms with Crippen LogP contribution < -0.4 is 15.4 Å². The molecule has 2 aromatic carbocycles. The van der Waals surface area contributed by atoms with Crippen LogP contribution in [0.1, 0.15) is 25.7 Å². The predicted molar refractivity (Wildman–Crippen MR) is 113 cm³/mol. The molecule has 9 heteroatoms. The number of carbonyl (C=O) groups is 3. The number of aromatic nitrogens is 1. The second-order valence-corrected chi connectivity index (χ2v) is 6.98. The molecule has 30 heavy (non-hydrogen) atoms. The molecule has 3 aromatic rings. The Bertz CT molecular complexity index is 1060. The van der Waals surface area contributed by atoms with Crippen LogP contribution in [0.2, 0.25) is 0 Å². The topological polar surface area (TPSA) is 107 Å². The molecule has 0 saturated carbocycles. The lowest BCUT2D eigenvalue weighted by atomic mass is 10.2. The fourth-order valence-electron chi connectivity index (χ4n) is 2.54. The lowest BCUT2D eigenvalue weighted by Crippen LogP contribution is -2.21. The molecule has 0 saturated heterocycles. The standard InChI is InChI=1S/C21H19N3O5S/c1-13-19(30-12-22-13)21(27)29-11-18(25)23-15-9-7-14(8-10-15)20(26)24-16-5-3-4-6-17(16)28-2/h3-10,12H,11H2,1-2H3,(H,23,25)(H,24,26). The molecule has 0 spiro atoms. The molecule has 0 fully saturated rings.